The van der Waals surface area contributed by atoms with Crippen LogP contribution >= 0.6 is 0 Å². The van der Waals surface area contributed by atoms with E-state index >= 15 is 0 Å². The van der Waals surface area contributed by atoms with Crippen LogP contribution in [0.5, 0.6) is 5.75 Å². The number of carbonyl (C=O) groups excluding carboxylic acids is 2. The molecule has 3 rings (SSSR count). The molecule has 34 heavy (non-hydrogen) atoms. The van der Waals surface area contributed by atoms with Crippen molar-refractivity contribution in [3.05, 3.63) is 69.3 Å². The maximum atomic E-state index is 12.6. The Morgan fingerprint density at radius 3 is 2.35 bits per heavy atom. The van der Waals surface area contributed by atoms with Gasteiger partial charge in [0, 0.05) is 34.8 Å². The summed E-state index contributed by atoms with van der Waals surface area (Å²) < 4.78 is 5.64. The number of likely N-dealkylation sites (tertiary alicyclic amines) is 1. The molecule has 1 fully saturated rings. The van der Waals surface area contributed by atoms with E-state index in [4.69, 9.17) is 4.74 Å². The SMILES string of the molecule is C/C(=N/NC(=O)c1ccc(OCC(=O)N2C(C)CCCC2C)cc1)c1ccc(C)c([N+](=O)[O-])c1. The van der Waals surface area contributed by atoms with Gasteiger partial charge in [-0.3, -0.25) is 19.7 Å². The molecule has 1 aliphatic heterocycles. The molecule has 1 heterocycles. The van der Waals surface area contributed by atoms with Crippen LogP contribution in [0.3, 0.4) is 0 Å². The number of nitro benzene ring substituents is 1. The number of carbonyl (C=O) groups is 2. The third-order valence-electron chi connectivity index (χ3n) is 6.11. The molecule has 0 spiro atoms. The van der Waals surface area contributed by atoms with Crippen molar-refractivity contribution in [3.8, 4) is 5.75 Å². The highest BCUT2D eigenvalue weighted by molar-refractivity contribution is 6.01. The lowest BCUT2D eigenvalue weighted by Gasteiger charge is -2.38. The van der Waals surface area contributed by atoms with Crippen LogP contribution in [0, 0.1) is 17.0 Å². The largest absolute Gasteiger partial charge is 0.484 e. The molecular weight excluding hydrogens is 436 g/mol. The lowest BCUT2D eigenvalue weighted by atomic mass is 9.97. The van der Waals surface area contributed by atoms with Gasteiger partial charge in [-0.25, -0.2) is 5.43 Å². The third-order valence-corrected chi connectivity index (χ3v) is 6.11. The monoisotopic (exact) mass is 466 g/mol. The minimum Gasteiger partial charge on any atom is -0.484 e. The Morgan fingerprint density at radius 1 is 1.12 bits per heavy atom. The molecule has 0 bridgehead atoms. The molecule has 2 amide bonds. The topological polar surface area (TPSA) is 114 Å². The van der Waals surface area contributed by atoms with Gasteiger partial charge in [0.25, 0.3) is 17.5 Å². The van der Waals surface area contributed by atoms with Gasteiger partial charge in [-0.1, -0.05) is 12.1 Å². The first-order chi connectivity index (χ1) is 16.2. The Morgan fingerprint density at radius 2 is 1.74 bits per heavy atom. The smallest absolute Gasteiger partial charge is 0.272 e. The number of nitrogens with zero attached hydrogens (tertiary/aromatic N) is 3. The normalized spacial score (nSPS) is 18.4. The highest BCUT2D eigenvalue weighted by Gasteiger charge is 2.29. The fraction of sp³-hybridized carbons (Fsp3) is 0.400. The fourth-order valence-corrected chi connectivity index (χ4v) is 4.13. The van der Waals surface area contributed by atoms with Gasteiger partial charge < -0.3 is 9.64 Å². The first kappa shape index (κ1) is 24.9. The first-order valence-corrected chi connectivity index (χ1v) is 11.3. The average molecular weight is 467 g/mol. The number of piperidine rings is 1. The van der Waals surface area contributed by atoms with Crippen molar-refractivity contribution in [1.82, 2.24) is 10.3 Å². The van der Waals surface area contributed by atoms with Crippen molar-refractivity contribution in [2.24, 2.45) is 5.10 Å². The Hall–Kier alpha value is -3.75. The molecule has 2 atom stereocenters. The standard InChI is InChI=1S/C25H30N4O5/c1-16-8-9-21(14-23(16)29(32)33)19(4)26-27-25(31)20-10-12-22(13-11-20)34-15-24(30)28-17(2)6-5-7-18(28)3/h8-14,17-18H,5-7,15H2,1-4H3,(H,27,31)/b26-19-. The van der Waals surface area contributed by atoms with E-state index in [1.54, 1.807) is 50.2 Å². The van der Waals surface area contributed by atoms with Gasteiger partial charge in [0.2, 0.25) is 0 Å². The molecule has 1 saturated heterocycles. The number of hydrogen-bond donors (Lipinski definition) is 1. The Bertz CT molecular complexity index is 1090. The number of aryl methyl sites for hydroxylation is 1. The van der Waals surface area contributed by atoms with Crippen molar-refractivity contribution < 1.29 is 19.2 Å². The lowest BCUT2D eigenvalue weighted by molar-refractivity contribution is -0.385. The summed E-state index contributed by atoms with van der Waals surface area (Å²) in [6, 6.07) is 11.6. The number of hydrazone groups is 1. The number of ether oxygens (including phenoxy) is 1. The minimum atomic E-state index is -0.449. The second kappa shape index (κ2) is 10.9. The van der Waals surface area contributed by atoms with E-state index in [1.807, 2.05) is 4.90 Å². The van der Waals surface area contributed by atoms with E-state index < -0.39 is 10.8 Å². The minimum absolute atomic E-state index is 0.00310. The summed E-state index contributed by atoms with van der Waals surface area (Å²) in [4.78, 5) is 37.6. The highest BCUT2D eigenvalue weighted by Crippen LogP contribution is 2.23. The van der Waals surface area contributed by atoms with Crippen LogP contribution in [0.2, 0.25) is 0 Å². The average Bonchev–Trinajstić information content (AvgIpc) is 2.81. The number of benzene rings is 2. The van der Waals surface area contributed by atoms with Crippen molar-refractivity contribution in [3.63, 3.8) is 0 Å². The number of amides is 2. The molecule has 2 aromatic rings. The van der Waals surface area contributed by atoms with Crippen LogP contribution in [-0.4, -0.2) is 46.0 Å². The molecule has 9 nitrogen and oxygen atoms in total. The number of hydrogen-bond acceptors (Lipinski definition) is 6. The van der Waals surface area contributed by atoms with Crippen LogP contribution in [-0.2, 0) is 4.79 Å². The van der Waals surface area contributed by atoms with Gasteiger partial charge in [-0.2, -0.15) is 5.10 Å². The molecular formula is C25H30N4O5. The van der Waals surface area contributed by atoms with Crippen LogP contribution < -0.4 is 10.2 Å². The maximum Gasteiger partial charge on any atom is 0.272 e. The van der Waals surface area contributed by atoms with Gasteiger partial charge in [0.1, 0.15) is 5.75 Å². The summed E-state index contributed by atoms with van der Waals surface area (Å²) >= 11 is 0. The Balaban J connectivity index is 1.57. The molecule has 1 aliphatic rings. The van der Waals surface area contributed by atoms with E-state index in [9.17, 15) is 19.7 Å². The van der Waals surface area contributed by atoms with Crippen LogP contribution in [0.1, 0.15) is 61.5 Å². The summed E-state index contributed by atoms with van der Waals surface area (Å²) in [5.74, 6) is 0.0242. The molecule has 0 aromatic heterocycles. The zero-order valence-electron chi connectivity index (χ0n) is 19.9. The zero-order chi connectivity index (χ0) is 24.8. The molecule has 0 saturated carbocycles. The predicted molar refractivity (Wildman–Crippen MR) is 129 cm³/mol. The van der Waals surface area contributed by atoms with Crippen molar-refractivity contribution >= 4 is 23.2 Å². The molecule has 180 valence electrons. The third kappa shape index (κ3) is 5.98. The van der Waals surface area contributed by atoms with Crippen molar-refractivity contribution in [2.45, 2.75) is 59.0 Å². The van der Waals surface area contributed by atoms with Crippen LogP contribution in [0.4, 0.5) is 5.69 Å². The molecule has 2 unspecified atom stereocenters. The molecule has 0 aliphatic carbocycles. The molecule has 1 N–H and O–H groups in total. The van der Waals surface area contributed by atoms with E-state index in [2.05, 4.69) is 24.4 Å². The number of nitrogens with one attached hydrogen (secondary N) is 1. The summed E-state index contributed by atoms with van der Waals surface area (Å²) in [6.07, 6.45) is 3.14. The van der Waals surface area contributed by atoms with E-state index in [-0.39, 0.29) is 30.3 Å². The number of nitro groups is 1. The van der Waals surface area contributed by atoms with Gasteiger partial charge >= 0.3 is 0 Å². The van der Waals surface area contributed by atoms with Gasteiger partial charge in [0.15, 0.2) is 6.61 Å². The van der Waals surface area contributed by atoms with E-state index in [1.165, 1.54) is 6.07 Å². The zero-order valence-corrected chi connectivity index (χ0v) is 19.9. The van der Waals surface area contributed by atoms with Crippen molar-refractivity contribution in [1.29, 1.82) is 0 Å². The quantitative estimate of drug-likeness (QED) is 0.373. The van der Waals surface area contributed by atoms with Gasteiger partial charge in [-0.15, -0.1) is 0 Å². The van der Waals surface area contributed by atoms with Gasteiger partial charge in [-0.05, 0) is 71.2 Å². The van der Waals surface area contributed by atoms with Crippen LogP contribution in [0.15, 0.2) is 47.6 Å². The van der Waals surface area contributed by atoms with E-state index in [0.717, 1.165) is 19.3 Å². The summed E-state index contributed by atoms with van der Waals surface area (Å²) in [7, 11) is 0. The number of rotatable bonds is 7. The Kier molecular flexibility index (Phi) is 7.99. The Labute approximate surface area is 198 Å². The summed E-state index contributed by atoms with van der Waals surface area (Å²) in [6.45, 7) is 7.39. The van der Waals surface area contributed by atoms with E-state index in [0.29, 0.717) is 28.2 Å². The fourth-order valence-electron chi connectivity index (χ4n) is 4.13. The highest BCUT2D eigenvalue weighted by atomic mass is 16.6. The molecule has 9 heteroatoms. The molecule has 0 radical (unpaired) electrons. The first-order valence-electron chi connectivity index (χ1n) is 11.3. The maximum absolute atomic E-state index is 12.6. The van der Waals surface area contributed by atoms with Crippen molar-refractivity contribution in [2.75, 3.05) is 6.61 Å². The van der Waals surface area contributed by atoms with Gasteiger partial charge in [0.05, 0.1) is 10.6 Å². The summed E-state index contributed by atoms with van der Waals surface area (Å²) in [5, 5.41) is 15.2. The predicted octanol–water partition coefficient (Wildman–Crippen LogP) is 4.23. The second-order valence-corrected chi connectivity index (χ2v) is 8.64. The summed E-state index contributed by atoms with van der Waals surface area (Å²) in [5.41, 5.74) is 4.36. The molecule has 2 aromatic carbocycles. The second-order valence-electron chi connectivity index (χ2n) is 8.64. The van der Waals surface area contributed by atoms with Crippen LogP contribution in [0.25, 0.3) is 0 Å². The lowest BCUT2D eigenvalue weighted by Crippen LogP contribution is -2.49.